The summed E-state index contributed by atoms with van der Waals surface area (Å²) in [5, 5.41) is 0. The molecule has 0 saturated carbocycles. The normalized spacial score (nSPS) is 20.8. The van der Waals surface area contributed by atoms with Gasteiger partial charge in [-0.05, 0) is 0 Å². The summed E-state index contributed by atoms with van der Waals surface area (Å²) in [6, 6.07) is 0. The number of hydrogen-bond acceptors (Lipinski definition) is 0. The van der Waals surface area contributed by atoms with Gasteiger partial charge >= 0.3 is 91.9 Å². The van der Waals surface area contributed by atoms with Crippen LogP contribution in [0.2, 0.25) is 0 Å². The smallest absolute Gasteiger partial charge is 1.00 e. The molecule has 2 rings (SSSR count). The van der Waals surface area contributed by atoms with Crippen molar-refractivity contribution in [1.29, 1.82) is 0 Å². The van der Waals surface area contributed by atoms with E-state index in [1.807, 2.05) is 0 Å². The molecule has 0 radical (unpaired) electrons. The summed E-state index contributed by atoms with van der Waals surface area (Å²) >= 11 is -0.385. The summed E-state index contributed by atoms with van der Waals surface area (Å²) in [6.07, 6.45) is 11.7. The molecule has 0 aromatic rings. The molecule has 0 bridgehead atoms. The molecule has 0 atom stereocenters. The first kappa shape index (κ1) is 9.40. The van der Waals surface area contributed by atoms with Crippen LogP contribution in [0.25, 0.3) is 0 Å². The molecule has 0 N–H and O–H groups in total. The molecule has 0 unspecified atom stereocenters. The van der Waals surface area contributed by atoms with Gasteiger partial charge in [0.05, 0.1) is 0 Å². The van der Waals surface area contributed by atoms with Crippen LogP contribution in [0.3, 0.4) is 0 Å². The Hall–Kier alpha value is -0.157. The van der Waals surface area contributed by atoms with Gasteiger partial charge in [-0.15, -0.1) is 0 Å². The van der Waals surface area contributed by atoms with Crippen molar-refractivity contribution in [1.82, 2.24) is 0 Å². The molecule has 0 nitrogen and oxygen atoms in total. The van der Waals surface area contributed by atoms with E-state index in [4.69, 9.17) is 0 Å². The fourth-order valence-corrected chi connectivity index (χ4v) is 5.07. The van der Waals surface area contributed by atoms with E-state index in [0.29, 0.717) is 0 Å². The van der Waals surface area contributed by atoms with Crippen molar-refractivity contribution in [2.75, 3.05) is 0 Å². The molecule has 0 spiro atoms. The van der Waals surface area contributed by atoms with Crippen molar-refractivity contribution in [3.05, 3.63) is 42.0 Å². The first-order valence-corrected chi connectivity index (χ1v) is 7.23. The topological polar surface area (TPSA) is 0 Å². The standard InChI is InChI=1S/2C6H7.Zr.2H/c2*1-6-4-2-3-5-6;;;/h2*2,4H,3H2,1H3;;;/q;;;2*-1. The van der Waals surface area contributed by atoms with Gasteiger partial charge in [-0.3, -0.25) is 0 Å². The molecule has 0 amide bonds. The largest absolute Gasteiger partial charge is 1.00 e. The van der Waals surface area contributed by atoms with Crippen molar-refractivity contribution in [3.8, 4) is 0 Å². The van der Waals surface area contributed by atoms with E-state index in [1.165, 1.54) is 12.8 Å². The van der Waals surface area contributed by atoms with Gasteiger partial charge < -0.3 is 2.85 Å². The molecule has 1 heteroatoms. The maximum atomic E-state index is 2.31. The second kappa shape index (κ2) is 3.92. The Balaban J connectivity index is 0.000000980. The molecule has 13 heavy (non-hydrogen) atoms. The summed E-state index contributed by atoms with van der Waals surface area (Å²) < 4.78 is 3.56. The van der Waals surface area contributed by atoms with Crippen molar-refractivity contribution >= 4 is 0 Å². The van der Waals surface area contributed by atoms with Crippen LogP contribution in [0.4, 0.5) is 0 Å². The summed E-state index contributed by atoms with van der Waals surface area (Å²) in [5.74, 6) is 0. The van der Waals surface area contributed by atoms with Crippen LogP contribution in [0.5, 0.6) is 0 Å². The Kier molecular flexibility index (Phi) is 2.84. The zero-order chi connectivity index (χ0) is 9.26. The number of allylic oxidation sites excluding steroid dienone is 8. The molecule has 0 aromatic carbocycles. The van der Waals surface area contributed by atoms with E-state index in [2.05, 4.69) is 38.2 Å². The van der Waals surface area contributed by atoms with E-state index in [9.17, 15) is 0 Å². The van der Waals surface area contributed by atoms with Gasteiger partial charge in [0.15, 0.2) is 0 Å². The van der Waals surface area contributed by atoms with E-state index < -0.39 is 0 Å². The second-order valence-corrected chi connectivity index (χ2v) is 7.24. The van der Waals surface area contributed by atoms with Crippen LogP contribution in [0.1, 0.15) is 29.5 Å². The van der Waals surface area contributed by atoms with Crippen molar-refractivity contribution in [2.24, 2.45) is 0 Å². The third kappa shape index (κ3) is 2.02. The Bertz CT molecular complexity index is 315. The van der Waals surface area contributed by atoms with Gasteiger partial charge in [0.1, 0.15) is 0 Å². The minimum atomic E-state index is -0.385. The first-order valence-electron chi connectivity index (χ1n) is 4.77. The fraction of sp³-hybridized carbons (Fsp3) is 0.333. The molecule has 2 aliphatic rings. The molecule has 0 aliphatic heterocycles. The zero-order valence-corrected chi connectivity index (χ0v) is 10.7. The Morgan fingerprint density at radius 2 is 1.46 bits per heavy atom. The van der Waals surface area contributed by atoms with Gasteiger partial charge in [0, 0.05) is 0 Å². The maximum absolute atomic E-state index is 2.31. The van der Waals surface area contributed by atoms with Crippen molar-refractivity contribution in [3.63, 3.8) is 0 Å². The van der Waals surface area contributed by atoms with Crippen molar-refractivity contribution < 1.29 is 26.1 Å². The van der Waals surface area contributed by atoms with E-state index in [1.54, 1.807) is 17.7 Å². The van der Waals surface area contributed by atoms with Crippen LogP contribution in [0, 0.1) is 0 Å². The maximum Gasteiger partial charge on any atom is -1.00 e. The van der Waals surface area contributed by atoms with Crippen molar-refractivity contribution in [2.45, 2.75) is 26.7 Å². The van der Waals surface area contributed by atoms with Gasteiger partial charge in [-0.2, -0.15) is 0 Å². The van der Waals surface area contributed by atoms with Gasteiger partial charge in [0.2, 0.25) is 0 Å². The summed E-state index contributed by atoms with van der Waals surface area (Å²) in [6.45, 7) is 4.52. The van der Waals surface area contributed by atoms with Crippen LogP contribution >= 0.6 is 0 Å². The average Bonchev–Trinajstić information content (AvgIpc) is 2.65. The molecule has 2 aliphatic carbocycles. The molecule has 0 saturated heterocycles. The monoisotopic (exact) mass is 250 g/mol. The van der Waals surface area contributed by atoms with Crippen LogP contribution < -0.4 is 0 Å². The minimum absolute atomic E-state index is 0. The Morgan fingerprint density at radius 1 is 1.00 bits per heavy atom. The SMILES string of the molecule is CC1=[C]([Zr][C]2=C(C)C=CC2)CC=C1.[H-].[H-]. The fourth-order valence-electron chi connectivity index (χ4n) is 1.71. The Morgan fingerprint density at radius 3 is 1.77 bits per heavy atom. The molecule has 0 fully saturated rings. The van der Waals surface area contributed by atoms with Gasteiger partial charge in [-0.25, -0.2) is 0 Å². The minimum Gasteiger partial charge on any atom is -1.00 e. The summed E-state index contributed by atoms with van der Waals surface area (Å²) in [4.78, 5) is 0. The Labute approximate surface area is 94.6 Å². The van der Waals surface area contributed by atoms with Crippen LogP contribution in [-0.2, 0) is 23.2 Å². The third-order valence-corrected chi connectivity index (χ3v) is 7.06. The number of rotatable bonds is 2. The van der Waals surface area contributed by atoms with Gasteiger partial charge in [-0.1, -0.05) is 0 Å². The number of hydrogen-bond donors (Lipinski definition) is 0. The molecular weight excluding hydrogens is 235 g/mol. The summed E-state index contributed by atoms with van der Waals surface area (Å²) in [5.41, 5.74) is 3.11. The molecule has 0 aromatic heterocycles. The average molecular weight is 251 g/mol. The molecular formula is C12H16Zr-2. The quantitative estimate of drug-likeness (QED) is 0.701. The third-order valence-electron chi connectivity index (χ3n) is 2.63. The summed E-state index contributed by atoms with van der Waals surface area (Å²) in [7, 11) is 0. The second-order valence-electron chi connectivity index (χ2n) is 3.66. The molecule has 70 valence electrons. The first-order chi connectivity index (χ1) is 6.27. The molecule has 0 heterocycles. The van der Waals surface area contributed by atoms with Gasteiger partial charge in [0.25, 0.3) is 0 Å². The predicted octanol–water partition coefficient (Wildman–Crippen LogP) is 3.76. The van der Waals surface area contributed by atoms with E-state index in [0.717, 1.165) is 0 Å². The van der Waals surface area contributed by atoms with E-state index in [-0.39, 0.29) is 26.1 Å². The van der Waals surface area contributed by atoms with Crippen LogP contribution in [0.15, 0.2) is 42.0 Å². The van der Waals surface area contributed by atoms with Crippen LogP contribution in [-0.4, -0.2) is 0 Å². The predicted molar refractivity (Wildman–Crippen MR) is 55.1 cm³/mol. The zero-order valence-electron chi connectivity index (χ0n) is 10.2. The van der Waals surface area contributed by atoms with E-state index >= 15 is 0 Å².